The molecule has 4 rings (SSSR count). The molecule has 0 unspecified atom stereocenters. The number of benzene rings is 1. The molecule has 0 atom stereocenters. The molecule has 0 aliphatic heterocycles. The van der Waals surface area contributed by atoms with Gasteiger partial charge in [0.15, 0.2) is 10.6 Å². The van der Waals surface area contributed by atoms with Crippen LogP contribution in [0.2, 0.25) is 0 Å². The van der Waals surface area contributed by atoms with Crippen LogP contribution in [0.25, 0.3) is 22.2 Å². The average Bonchev–Trinajstić information content (AvgIpc) is 3.05. The van der Waals surface area contributed by atoms with Gasteiger partial charge in [0.1, 0.15) is 5.52 Å². The molecule has 8 heteroatoms. The zero-order valence-electron chi connectivity index (χ0n) is 11.5. The first-order valence-electron chi connectivity index (χ1n) is 6.66. The van der Waals surface area contributed by atoms with Gasteiger partial charge in [-0.3, -0.25) is 14.9 Å². The van der Waals surface area contributed by atoms with E-state index in [0.717, 1.165) is 0 Å². The number of non-ortho nitro benzene ring substituents is 1. The van der Waals surface area contributed by atoms with E-state index in [4.69, 9.17) is 0 Å². The summed E-state index contributed by atoms with van der Waals surface area (Å²) in [4.78, 5) is 32.0. The highest BCUT2D eigenvalue weighted by atomic mass is 32.1. The molecule has 0 saturated heterocycles. The van der Waals surface area contributed by atoms with E-state index in [-0.39, 0.29) is 11.2 Å². The fourth-order valence-electron chi connectivity index (χ4n) is 2.37. The molecule has 23 heavy (non-hydrogen) atoms. The molecular formula is C15H8N4O3S. The number of aromatic nitrogens is 3. The van der Waals surface area contributed by atoms with Crippen molar-refractivity contribution in [3.63, 3.8) is 0 Å². The molecule has 7 nitrogen and oxygen atoms in total. The van der Waals surface area contributed by atoms with Crippen molar-refractivity contribution in [2.75, 3.05) is 0 Å². The van der Waals surface area contributed by atoms with Gasteiger partial charge in [0.25, 0.3) is 11.2 Å². The highest BCUT2D eigenvalue weighted by Crippen LogP contribution is 2.15. The van der Waals surface area contributed by atoms with Crippen LogP contribution in [0, 0.1) is 10.1 Å². The van der Waals surface area contributed by atoms with Crippen molar-refractivity contribution >= 4 is 39.2 Å². The molecule has 0 bridgehead atoms. The van der Waals surface area contributed by atoms with Crippen molar-refractivity contribution in [3.05, 3.63) is 73.2 Å². The summed E-state index contributed by atoms with van der Waals surface area (Å²) >= 11 is 1.23. The van der Waals surface area contributed by atoms with Gasteiger partial charge in [-0.15, -0.1) is 0 Å². The van der Waals surface area contributed by atoms with Crippen LogP contribution < -0.4 is 10.1 Å². The molecule has 0 saturated carbocycles. The predicted octanol–water partition coefficient (Wildman–Crippen LogP) is 1.76. The molecule has 4 aromatic rings. The van der Waals surface area contributed by atoms with Crippen LogP contribution in [-0.4, -0.2) is 19.3 Å². The van der Waals surface area contributed by atoms with Gasteiger partial charge in [-0.1, -0.05) is 23.5 Å². The molecule has 0 aliphatic rings. The van der Waals surface area contributed by atoms with Crippen LogP contribution in [-0.2, 0) is 0 Å². The zero-order chi connectivity index (χ0) is 16.0. The summed E-state index contributed by atoms with van der Waals surface area (Å²) in [6.07, 6.45) is 3.24. The quantitative estimate of drug-likeness (QED) is 0.414. The minimum absolute atomic E-state index is 0.0142. The SMILES string of the molecule is O=c1/c(=C/c2cccc([N+](=O)[O-])c2)sc2nc3cccnc3n12. The van der Waals surface area contributed by atoms with Crippen LogP contribution in [0.15, 0.2) is 47.4 Å². The first-order valence-corrected chi connectivity index (χ1v) is 7.47. The van der Waals surface area contributed by atoms with Crippen molar-refractivity contribution in [2.45, 2.75) is 0 Å². The number of imidazole rings is 1. The van der Waals surface area contributed by atoms with E-state index in [2.05, 4.69) is 9.97 Å². The maximum absolute atomic E-state index is 12.6. The molecule has 3 aromatic heterocycles. The van der Waals surface area contributed by atoms with Crippen molar-refractivity contribution in [2.24, 2.45) is 0 Å². The van der Waals surface area contributed by atoms with E-state index in [0.29, 0.717) is 26.2 Å². The Bertz CT molecular complexity index is 1180. The summed E-state index contributed by atoms with van der Waals surface area (Å²) in [6.45, 7) is 0. The van der Waals surface area contributed by atoms with Gasteiger partial charge >= 0.3 is 0 Å². The number of thiazole rings is 1. The van der Waals surface area contributed by atoms with E-state index >= 15 is 0 Å². The lowest BCUT2D eigenvalue weighted by Crippen LogP contribution is -2.22. The van der Waals surface area contributed by atoms with Gasteiger partial charge in [-0.2, -0.15) is 0 Å². The minimum atomic E-state index is -0.464. The summed E-state index contributed by atoms with van der Waals surface area (Å²) < 4.78 is 1.92. The highest BCUT2D eigenvalue weighted by Gasteiger charge is 2.12. The van der Waals surface area contributed by atoms with Crippen LogP contribution in [0.4, 0.5) is 5.69 Å². The second-order valence-electron chi connectivity index (χ2n) is 4.84. The number of fused-ring (bicyclic) bond motifs is 3. The molecule has 0 N–H and O–H groups in total. The van der Waals surface area contributed by atoms with E-state index in [1.54, 1.807) is 36.5 Å². The molecule has 3 heterocycles. The Labute approximate surface area is 132 Å². The lowest BCUT2D eigenvalue weighted by molar-refractivity contribution is -0.384. The highest BCUT2D eigenvalue weighted by molar-refractivity contribution is 7.15. The first kappa shape index (κ1) is 13.5. The third kappa shape index (κ3) is 2.16. The second kappa shape index (κ2) is 4.96. The van der Waals surface area contributed by atoms with E-state index < -0.39 is 4.92 Å². The predicted molar refractivity (Wildman–Crippen MR) is 86.5 cm³/mol. The lowest BCUT2D eigenvalue weighted by Gasteiger charge is -1.92. The van der Waals surface area contributed by atoms with Gasteiger partial charge in [-0.05, 0) is 23.8 Å². The topological polar surface area (TPSA) is 90.4 Å². The Morgan fingerprint density at radius 2 is 2.13 bits per heavy atom. The van der Waals surface area contributed by atoms with E-state index in [1.165, 1.54) is 27.9 Å². The zero-order valence-corrected chi connectivity index (χ0v) is 12.4. The van der Waals surface area contributed by atoms with Crippen LogP contribution in [0.5, 0.6) is 0 Å². The molecule has 112 valence electrons. The molecular weight excluding hydrogens is 316 g/mol. The van der Waals surface area contributed by atoms with E-state index in [9.17, 15) is 14.9 Å². The van der Waals surface area contributed by atoms with Crippen molar-refractivity contribution in [1.29, 1.82) is 0 Å². The fraction of sp³-hybridized carbons (Fsp3) is 0. The molecule has 0 spiro atoms. The molecule has 0 radical (unpaired) electrons. The number of nitrogens with zero attached hydrogens (tertiary/aromatic N) is 4. The number of pyridine rings is 1. The minimum Gasteiger partial charge on any atom is -0.267 e. The third-order valence-corrected chi connectivity index (χ3v) is 4.35. The van der Waals surface area contributed by atoms with Crippen molar-refractivity contribution < 1.29 is 4.92 Å². The summed E-state index contributed by atoms with van der Waals surface area (Å²) in [6, 6.07) is 9.70. The fourth-order valence-corrected chi connectivity index (χ4v) is 3.34. The Hall–Kier alpha value is -3.13. The smallest absolute Gasteiger partial charge is 0.267 e. The number of hydrogen-bond donors (Lipinski definition) is 0. The summed E-state index contributed by atoms with van der Waals surface area (Å²) in [5.74, 6) is 0. The van der Waals surface area contributed by atoms with Gasteiger partial charge in [0, 0.05) is 18.3 Å². The summed E-state index contributed by atoms with van der Waals surface area (Å²) in [7, 11) is 0. The molecule has 0 fully saturated rings. The average molecular weight is 324 g/mol. The molecule has 0 aliphatic carbocycles. The third-order valence-electron chi connectivity index (χ3n) is 3.38. The monoisotopic (exact) mass is 324 g/mol. The van der Waals surface area contributed by atoms with Gasteiger partial charge < -0.3 is 0 Å². The maximum atomic E-state index is 12.6. The van der Waals surface area contributed by atoms with E-state index in [1.807, 2.05) is 0 Å². The number of nitro groups is 1. The Kier molecular flexibility index (Phi) is 2.91. The maximum Gasteiger partial charge on any atom is 0.276 e. The van der Waals surface area contributed by atoms with Gasteiger partial charge in [0.05, 0.1) is 9.46 Å². The van der Waals surface area contributed by atoms with Crippen molar-refractivity contribution in [1.82, 2.24) is 14.4 Å². The van der Waals surface area contributed by atoms with Gasteiger partial charge in [-0.25, -0.2) is 14.4 Å². The Morgan fingerprint density at radius 1 is 1.26 bits per heavy atom. The number of hydrogen-bond acceptors (Lipinski definition) is 6. The molecule has 1 aromatic carbocycles. The Morgan fingerprint density at radius 3 is 2.96 bits per heavy atom. The van der Waals surface area contributed by atoms with Crippen molar-refractivity contribution in [3.8, 4) is 0 Å². The lowest BCUT2D eigenvalue weighted by atomic mass is 10.2. The van der Waals surface area contributed by atoms with Crippen LogP contribution >= 0.6 is 11.3 Å². The van der Waals surface area contributed by atoms with Gasteiger partial charge in [0.2, 0.25) is 0 Å². The van der Waals surface area contributed by atoms with Crippen LogP contribution in [0.1, 0.15) is 5.56 Å². The standard InChI is InChI=1S/C15H8N4O3S/c20-14-12(8-9-3-1-4-10(7-9)19(21)22)23-15-17-11-5-2-6-16-13(11)18(14)15/h1-8H/b12-8-. The normalized spacial score (nSPS) is 12.3. The number of rotatable bonds is 2. The summed E-state index contributed by atoms with van der Waals surface area (Å²) in [5, 5.41) is 10.8. The second-order valence-corrected chi connectivity index (χ2v) is 5.85. The summed E-state index contributed by atoms with van der Waals surface area (Å²) in [5.41, 5.74) is 1.54. The van der Waals surface area contributed by atoms with Crippen LogP contribution in [0.3, 0.4) is 0 Å². The molecule has 0 amide bonds. The number of nitro benzene ring substituents is 1. The largest absolute Gasteiger partial charge is 0.276 e. The first-order chi connectivity index (χ1) is 11.1. The Balaban J connectivity index is 1.96.